The molecule has 0 fully saturated rings. The Morgan fingerprint density at radius 2 is 1.31 bits per heavy atom. The Bertz CT molecular complexity index is 781. The van der Waals surface area contributed by atoms with Crippen molar-refractivity contribution >= 4 is 32.3 Å². The van der Waals surface area contributed by atoms with Crippen molar-refractivity contribution in [3.63, 3.8) is 0 Å². The predicted octanol–water partition coefficient (Wildman–Crippen LogP) is 3.49. The fourth-order valence-corrected chi connectivity index (χ4v) is 3.33. The number of benzene rings is 2. The second-order valence-corrected chi connectivity index (χ2v) is 7.00. The van der Waals surface area contributed by atoms with Crippen molar-refractivity contribution in [3.05, 3.63) is 94.2 Å². The van der Waals surface area contributed by atoms with Gasteiger partial charge in [-0.05, 0) is 0 Å². The summed E-state index contributed by atoms with van der Waals surface area (Å²) in [6.07, 6.45) is 2.41. The second kappa shape index (κ2) is 9.66. The third-order valence-electron chi connectivity index (χ3n) is 3.51. The maximum absolute atomic E-state index is 12.5. The molecule has 0 heterocycles. The van der Waals surface area contributed by atoms with Gasteiger partial charge in [0.1, 0.15) is 0 Å². The van der Waals surface area contributed by atoms with E-state index in [1.807, 2.05) is 11.9 Å². The van der Waals surface area contributed by atoms with Crippen molar-refractivity contribution in [2.75, 3.05) is 7.11 Å². The normalized spacial score (nSPS) is 11.8. The summed E-state index contributed by atoms with van der Waals surface area (Å²) in [6, 6.07) is 17.4. The number of carbonyl (C=O) groups excluding carboxylic acids is 3. The van der Waals surface area contributed by atoms with Crippen LogP contribution in [0.25, 0.3) is 0 Å². The summed E-state index contributed by atoms with van der Waals surface area (Å²) < 4.78 is 5.52. The van der Waals surface area contributed by atoms with E-state index in [1.165, 1.54) is 13.2 Å². The first kappa shape index (κ1) is 19.6. The molecule has 0 radical (unpaired) electrons. The number of hydrogen-bond acceptors (Lipinski definition) is 4. The van der Waals surface area contributed by atoms with E-state index >= 15 is 0 Å². The van der Waals surface area contributed by atoms with Gasteiger partial charge in [0.25, 0.3) is 0 Å². The van der Waals surface area contributed by atoms with E-state index in [0.717, 1.165) is 6.08 Å². The number of carbonyl (C=O) groups is 3. The molecule has 0 atom stereocenters. The van der Waals surface area contributed by atoms with Crippen LogP contribution in [-0.2, 0) is 9.53 Å². The first-order valence-electron chi connectivity index (χ1n) is 7.81. The topological polar surface area (TPSA) is 60.4 Å². The summed E-state index contributed by atoms with van der Waals surface area (Å²) >= 11 is -0.174. The molecule has 2 aromatic carbocycles. The monoisotopic (exact) mass is 414 g/mol. The van der Waals surface area contributed by atoms with Gasteiger partial charge in [0.15, 0.2) is 0 Å². The van der Waals surface area contributed by atoms with Crippen LogP contribution in [0, 0.1) is 0 Å². The molecule has 0 aromatic heterocycles. The van der Waals surface area contributed by atoms with Gasteiger partial charge in [-0.1, -0.05) is 0 Å². The van der Waals surface area contributed by atoms with Crippen molar-refractivity contribution in [1.82, 2.24) is 0 Å². The Labute approximate surface area is 158 Å². The molecule has 132 valence electrons. The van der Waals surface area contributed by atoms with E-state index in [4.69, 9.17) is 4.74 Å². The van der Waals surface area contributed by atoms with Crippen LogP contribution < -0.4 is 0 Å². The fourth-order valence-electron chi connectivity index (χ4n) is 2.20. The van der Waals surface area contributed by atoms with E-state index in [-0.39, 0.29) is 32.3 Å². The zero-order valence-corrected chi connectivity index (χ0v) is 16.2. The van der Waals surface area contributed by atoms with E-state index in [1.54, 1.807) is 54.6 Å². The molecule has 5 heteroatoms. The van der Waals surface area contributed by atoms with Crippen LogP contribution >= 0.6 is 0 Å². The van der Waals surface area contributed by atoms with Crippen LogP contribution in [-0.4, -0.2) is 39.4 Å². The molecule has 0 saturated heterocycles. The van der Waals surface area contributed by atoms with Gasteiger partial charge in [0.2, 0.25) is 0 Å². The zero-order valence-electron chi connectivity index (χ0n) is 14.5. The summed E-state index contributed by atoms with van der Waals surface area (Å²) in [5.41, 5.74) is 0.962. The maximum atomic E-state index is 12.5. The summed E-state index contributed by atoms with van der Waals surface area (Å²) in [4.78, 5) is 37.2. The molecule has 4 nitrogen and oxygen atoms in total. The summed E-state index contributed by atoms with van der Waals surface area (Å²) in [7, 11) is 1.34. The van der Waals surface area contributed by atoms with Gasteiger partial charge in [-0.25, -0.2) is 0 Å². The molecule has 0 amide bonds. The first-order valence-corrected chi connectivity index (χ1v) is 10.4. The van der Waals surface area contributed by atoms with Crippen LogP contribution in [0.3, 0.4) is 0 Å². The van der Waals surface area contributed by atoms with Gasteiger partial charge in [-0.2, -0.15) is 0 Å². The Kier molecular flexibility index (Phi) is 7.27. The molecular formula is C21H18O4Se. The number of Topliss-reactive ketones (excluding diaryl/α,β-unsaturated/α-hetero) is 2. The van der Waals surface area contributed by atoms with Crippen LogP contribution in [0.2, 0.25) is 5.82 Å². The van der Waals surface area contributed by atoms with Crippen molar-refractivity contribution in [2.24, 2.45) is 0 Å². The van der Waals surface area contributed by atoms with Gasteiger partial charge in [-0.3, -0.25) is 0 Å². The number of rotatable bonds is 8. The molecule has 0 saturated carbocycles. The zero-order chi connectivity index (χ0) is 18.9. The molecule has 0 bridgehead atoms. The van der Waals surface area contributed by atoms with Crippen molar-refractivity contribution in [1.29, 1.82) is 0 Å². The third kappa shape index (κ3) is 5.12. The number of allylic oxidation sites excluding steroid dienone is 4. The number of hydrogen-bond donors (Lipinski definition) is 0. The standard InChI is InChI=1S/C21H18O4Se/c1-25-18(20(23)15-9-5-3-6-10-15)13-17(22)14-19(26-2)21(24)16-11-7-4-8-12-16/h3-14H,1-2H3/b18-13-,19-14-. The Hall–Kier alpha value is -2.75. The fraction of sp³-hybridized carbons (Fsp3) is 0.0952. The summed E-state index contributed by atoms with van der Waals surface area (Å²) in [5.74, 6) is 0.793. The number of ketones is 3. The summed E-state index contributed by atoms with van der Waals surface area (Å²) in [5, 5.41) is 0. The van der Waals surface area contributed by atoms with Crippen LogP contribution in [0.1, 0.15) is 20.7 Å². The molecule has 0 spiro atoms. The molecule has 2 rings (SSSR count). The average Bonchev–Trinajstić information content (AvgIpc) is 2.70. The minimum absolute atomic E-state index is 0.0624. The quantitative estimate of drug-likeness (QED) is 0.288. The first-order chi connectivity index (χ1) is 12.6. The molecule has 2 aromatic rings. The number of ether oxygens (including phenoxy) is 1. The van der Waals surface area contributed by atoms with E-state index in [9.17, 15) is 14.4 Å². The van der Waals surface area contributed by atoms with Crippen molar-refractivity contribution < 1.29 is 19.1 Å². The summed E-state index contributed by atoms with van der Waals surface area (Å²) in [6.45, 7) is 0. The molecule has 0 aliphatic carbocycles. The molecular weight excluding hydrogens is 395 g/mol. The van der Waals surface area contributed by atoms with Crippen LogP contribution in [0.4, 0.5) is 0 Å². The van der Waals surface area contributed by atoms with Crippen LogP contribution in [0.15, 0.2) is 83.0 Å². The SMILES string of the molecule is CO/C(=C\C(=O)/C=C(\[Se]C)C(=O)c1ccccc1)C(=O)c1ccccc1. The third-order valence-corrected chi connectivity index (χ3v) is 5.07. The van der Waals surface area contributed by atoms with Gasteiger partial charge in [0.05, 0.1) is 0 Å². The van der Waals surface area contributed by atoms with Gasteiger partial charge >= 0.3 is 159 Å². The van der Waals surface area contributed by atoms with E-state index in [0.29, 0.717) is 15.6 Å². The van der Waals surface area contributed by atoms with Gasteiger partial charge < -0.3 is 0 Å². The van der Waals surface area contributed by atoms with E-state index < -0.39 is 5.78 Å². The molecule has 0 unspecified atom stereocenters. The van der Waals surface area contributed by atoms with Crippen molar-refractivity contribution in [2.45, 2.75) is 5.82 Å². The Morgan fingerprint density at radius 1 is 0.808 bits per heavy atom. The van der Waals surface area contributed by atoms with Gasteiger partial charge in [0, 0.05) is 0 Å². The Balaban J connectivity index is 2.25. The molecule has 26 heavy (non-hydrogen) atoms. The Morgan fingerprint density at radius 3 is 1.77 bits per heavy atom. The second-order valence-electron chi connectivity index (χ2n) is 5.22. The number of methoxy groups -OCH3 is 1. The van der Waals surface area contributed by atoms with Gasteiger partial charge in [-0.15, -0.1) is 0 Å². The van der Waals surface area contributed by atoms with Crippen molar-refractivity contribution in [3.8, 4) is 0 Å². The van der Waals surface area contributed by atoms with E-state index in [2.05, 4.69) is 0 Å². The minimum atomic E-state index is -0.450. The average molecular weight is 413 g/mol. The predicted molar refractivity (Wildman–Crippen MR) is 101 cm³/mol. The molecule has 0 aliphatic heterocycles. The van der Waals surface area contributed by atoms with Crippen LogP contribution in [0.5, 0.6) is 0 Å². The molecule has 0 aliphatic rings. The molecule has 0 N–H and O–H groups in total.